The number of nitrogens with zero attached hydrogens (tertiary/aromatic N) is 2. The van der Waals surface area contributed by atoms with Gasteiger partial charge >= 0.3 is 0 Å². The van der Waals surface area contributed by atoms with E-state index in [0.717, 1.165) is 29.5 Å². The molecular weight excluding hydrogens is 370 g/mol. The molecule has 27 heavy (non-hydrogen) atoms. The summed E-state index contributed by atoms with van der Waals surface area (Å²) in [6.45, 7) is 1.96. The lowest BCUT2D eigenvalue weighted by atomic mass is 10.1. The zero-order valence-electron chi connectivity index (χ0n) is 14.4. The minimum absolute atomic E-state index is 0.00436. The quantitative estimate of drug-likeness (QED) is 0.492. The maximum atomic E-state index is 12.3. The molecule has 1 heterocycles. The number of hydrogen-bond acceptors (Lipinski definition) is 7. The van der Waals surface area contributed by atoms with Gasteiger partial charge in [-0.3, -0.25) is 14.9 Å². The molecule has 0 saturated carbocycles. The number of non-ortho nitro benzene ring substituents is 1. The standard InChI is InChI=1S/C18H15N3O5S/c1-10-3-5-12(6-4-10)19-18-20-17(23)15(27-18)8-11-7-13(21(24)25)9-14(26-2)16(11)22/h3-9,22H,1-2H3,(H,19,20,23)/p-1/b15-8-. The van der Waals surface area contributed by atoms with Crippen LogP contribution in [0.3, 0.4) is 0 Å². The van der Waals surface area contributed by atoms with Crippen LogP contribution in [-0.2, 0) is 4.79 Å². The Balaban J connectivity index is 1.94. The minimum Gasteiger partial charge on any atom is -0.870 e. The Morgan fingerprint density at radius 3 is 2.59 bits per heavy atom. The number of rotatable bonds is 4. The van der Waals surface area contributed by atoms with Gasteiger partial charge in [-0.1, -0.05) is 23.4 Å². The van der Waals surface area contributed by atoms with E-state index in [2.05, 4.69) is 10.3 Å². The molecule has 1 saturated heterocycles. The van der Waals surface area contributed by atoms with Crippen molar-refractivity contribution >= 4 is 40.3 Å². The highest BCUT2D eigenvalue weighted by atomic mass is 32.2. The van der Waals surface area contributed by atoms with E-state index in [1.165, 1.54) is 13.2 Å². The molecular formula is C18H14N3O5S-. The summed E-state index contributed by atoms with van der Waals surface area (Å²) in [7, 11) is 1.25. The third-order valence-corrected chi connectivity index (χ3v) is 4.61. The number of thioether (sulfide) groups is 1. The van der Waals surface area contributed by atoms with Crippen LogP contribution in [0.4, 0.5) is 11.4 Å². The Labute approximate surface area is 158 Å². The van der Waals surface area contributed by atoms with E-state index in [-0.39, 0.29) is 21.9 Å². The van der Waals surface area contributed by atoms with Crippen LogP contribution in [0.2, 0.25) is 0 Å². The second kappa shape index (κ2) is 7.50. The van der Waals surface area contributed by atoms with Gasteiger partial charge in [0.1, 0.15) is 5.75 Å². The number of hydrogen-bond donors (Lipinski definition) is 1. The molecule has 3 rings (SSSR count). The first kappa shape index (κ1) is 18.5. The van der Waals surface area contributed by atoms with E-state index in [1.807, 2.05) is 31.2 Å². The van der Waals surface area contributed by atoms with E-state index in [1.54, 1.807) is 0 Å². The lowest BCUT2D eigenvalue weighted by Gasteiger charge is -2.15. The fourth-order valence-corrected chi connectivity index (χ4v) is 3.16. The third kappa shape index (κ3) is 4.09. The number of carbonyl (C=O) groups is 1. The highest BCUT2D eigenvalue weighted by Crippen LogP contribution is 2.36. The lowest BCUT2D eigenvalue weighted by molar-refractivity contribution is -0.385. The molecule has 0 atom stereocenters. The summed E-state index contributed by atoms with van der Waals surface area (Å²) >= 11 is 1.05. The highest BCUT2D eigenvalue weighted by Gasteiger charge is 2.24. The summed E-state index contributed by atoms with van der Waals surface area (Å²) in [5.74, 6) is -1.13. The Hall–Kier alpha value is -3.33. The zero-order chi connectivity index (χ0) is 19.6. The second-order valence-electron chi connectivity index (χ2n) is 5.64. The molecule has 1 aliphatic heterocycles. The fraction of sp³-hybridized carbons (Fsp3) is 0.111. The molecule has 0 aliphatic carbocycles. The van der Waals surface area contributed by atoms with Crippen molar-refractivity contribution in [2.45, 2.75) is 6.92 Å². The van der Waals surface area contributed by atoms with Crippen molar-refractivity contribution in [2.24, 2.45) is 4.99 Å². The Morgan fingerprint density at radius 2 is 1.96 bits per heavy atom. The number of amidine groups is 1. The first-order chi connectivity index (χ1) is 12.9. The minimum atomic E-state index is -0.629. The molecule has 0 unspecified atom stereocenters. The number of aryl methyl sites for hydroxylation is 1. The number of ether oxygens (including phenoxy) is 1. The first-order valence-electron chi connectivity index (χ1n) is 7.77. The number of aliphatic imine (C=N–C) groups is 1. The maximum absolute atomic E-state index is 12.3. The smallest absolute Gasteiger partial charge is 0.273 e. The van der Waals surface area contributed by atoms with Crippen LogP contribution in [0.5, 0.6) is 11.5 Å². The zero-order valence-corrected chi connectivity index (χ0v) is 15.2. The summed E-state index contributed by atoms with van der Waals surface area (Å²) in [5.41, 5.74) is 1.46. The van der Waals surface area contributed by atoms with E-state index in [4.69, 9.17) is 4.74 Å². The second-order valence-corrected chi connectivity index (χ2v) is 6.67. The van der Waals surface area contributed by atoms with Crippen LogP contribution in [0.1, 0.15) is 11.1 Å². The molecule has 0 spiro atoms. The molecule has 1 fully saturated rings. The van der Waals surface area contributed by atoms with Crippen LogP contribution in [-0.4, -0.2) is 23.1 Å². The number of carbonyl (C=O) groups excluding carboxylic acids is 1. The van der Waals surface area contributed by atoms with Gasteiger partial charge in [0.2, 0.25) is 0 Å². The van der Waals surface area contributed by atoms with Gasteiger partial charge in [0.15, 0.2) is 5.17 Å². The van der Waals surface area contributed by atoms with Crippen molar-refractivity contribution in [1.82, 2.24) is 5.32 Å². The van der Waals surface area contributed by atoms with Crippen LogP contribution >= 0.6 is 11.8 Å². The van der Waals surface area contributed by atoms with Crippen molar-refractivity contribution < 1.29 is 19.6 Å². The predicted molar refractivity (Wildman–Crippen MR) is 101 cm³/mol. The molecule has 1 amide bonds. The predicted octanol–water partition coefficient (Wildman–Crippen LogP) is 2.88. The number of nitro groups is 1. The molecule has 2 aromatic carbocycles. The van der Waals surface area contributed by atoms with E-state index >= 15 is 0 Å². The van der Waals surface area contributed by atoms with Crippen LogP contribution in [0.15, 0.2) is 46.3 Å². The van der Waals surface area contributed by atoms with Gasteiger partial charge in [0.05, 0.1) is 28.7 Å². The molecule has 1 aliphatic rings. The molecule has 8 nitrogen and oxygen atoms in total. The van der Waals surface area contributed by atoms with Gasteiger partial charge in [-0.15, -0.1) is 0 Å². The topological polar surface area (TPSA) is 117 Å². The average molecular weight is 384 g/mol. The fourth-order valence-electron chi connectivity index (χ4n) is 2.33. The van der Waals surface area contributed by atoms with E-state index in [9.17, 15) is 20.0 Å². The van der Waals surface area contributed by atoms with Gasteiger partial charge in [-0.25, -0.2) is 4.99 Å². The third-order valence-electron chi connectivity index (χ3n) is 3.70. The van der Waals surface area contributed by atoms with Crippen molar-refractivity contribution in [1.29, 1.82) is 0 Å². The molecule has 138 valence electrons. The van der Waals surface area contributed by atoms with Crippen LogP contribution < -0.4 is 15.2 Å². The SMILES string of the molecule is COc1cc([N+](=O)[O-])cc(/C=C2\SC(=Nc3ccc(C)cc3)NC2=O)c1[O-]. The van der Waals surface area contributed by atoms with Crippen molar-refractivity contribution in [2.75, 3.05) is 7.11 Å². The Bertz CT molecular complexity index is 983. The summed E-state index contributed by atoms with van der Waals surface area (Å²) in [6.07, 6.45) is 1.30. The van der Waals surface area contributed by atoms with Crippen molar-refractivity contribution in [3.63, 3.8) is 0 Å². The first-order valence-corrected chi connectivity index (χ1v) is 8.58. The van der Waals surface area contributed by atoms with Gasteiger partial charge in [0.25, 0.3) is 11.6 Å². The summed E-state index contributed by atoms with van der Waals surface area (Å²) < 4.78 is 4.90. The molecule has 0 aromatic heterocycles. The largest absolute Gasteiger partial charge is 0.870 e. The van der Waals surface area contributed by atoms with Crippen molar-refractivity contribution in [3.05, 3.63) is 62.5 Å². The van der Waals surface area contributed by atoms with Gasteiger partial charge < -0.3 is 15.2 Å². The number of nitro benzene ring substituents is 1. The van der Waals surface area contributed by atoms with E-state index < -0.39 is 16.6 Å². The number of amides is 1. The molecule has 0 bridgehead atoms. The van der Waals surface area contributed by atoms with Crippen LogP contribution in [0, 0.1) is 17.0 Å². The van der Waals surface area contributed by atoms with E-state index in [0.29, 0.717) is 10.9 Å². The summed E-state index contributed by atoms with van der Waals surface area (Å²) in [6, 6.07) is 9.60. The van der Waals surface area contributed by atoms with Crippen LogP contribution in [0.25, 0.3) is 6.08 Å². The molecule has 2 aromatic rings. The molecule has 9 heteroatoms. The lowest BCUT2D eigenvalue weighted by Crippen LogP contribution is -2.19. The summed E-state index contributed by atoms with van der Waals surface area (Å²) in [4.78, 5) is 27.1. The van der Waals surface area contributed by atoms with Gasteiger partial charge in [-0.2, -0.15) is 0 Å². The highest BCUT2D eigenvalue weighted by molar-refractivity contribution is 8.18. The summed E-state index contributed by atoms with van der Waals surface area (Å²) in [5, 5.41) is 26.3. The molecule has 0 radical (unpaired) electrons. The van der Waals surface area contributed by atoms with Gasteiger partial charge in [-0.05, 0) is 42.5 Å². The van der Waals surface area contributed by atoms with Gasteiger partial charge in [0, 0.05) is 6.07 Å². The average Bonchev–Trinajstić information content (AvgIpc) is 2.97. The van der Waals surface area contributed by atoms with Crippen molar-refractivity contribution in [3.8, 4) is 11.5 Å². The molecule has 1 N–H and O–H groups in total. The maximum Gasteiger partial charge on any atom is 0.273 e. The normalized spacial score (nSPS) is 16.6. The number of methoxy groups -OCH3 is 1. The number of benzene rings is 2. The number of nitrogens with one attached hydrogen (secondary N) is 1. The Morgan fingerprint density at radius 1 is 1.26 bits per heavy atom. The monoisotopic (exact) mass is 384 g/mol. The Kier molecular flexibility index (Phi) is 5.13.